The standard InChI is InChI=1S/C19H24N4O3S/c24-19(22-11-8-16-6-2-3-7-17(16)12-22)14-21-13-18(20-15-21)27(25,26)23-9-4-1-5-10-23/h2-3,6-7,13,15H,1,4-5,8-12,14H2. The largest absolute Gasteiger partial charge is 0.336 e. The van der Waals surface area contributed by atoms with Crippen molar-refractivity contribution < 1.29 is 13.2 Å². The maximum atomic E-state index is 12.7. The first-order valence-electron chi connectivity index (χ1n) is 9.40. The summed E-state index contributed by atoms with van der Waals surface area (Å²) >= 11 is 0. The van der Waals surface area contributed by atoms with Gasteiger partial charge in [-0.2, -0.15) is 4.31 Å². The van der Waals surface area contributed by atoms with Gasteiger partial charge in [0.05, 0.1) is 6.33 Å². The number of fused-ring (bicyclic) bond motifs is 1. The van der Waals surface area contributed by atoms with Gasteiger partial charge in [-0.25, -0.2) is 13.4 Å². The molecule has 1 aromatic heterocycles. The molecule has 0 aliphatic carbocycles. The van der Waals surface area contributed by atoms with Crippen LogP contribution in [-0.4, -0.2) is 52.7 Å². The second kappa shape index (κ2) is 7.44. The summed E-state index contributed by atoms with van der Waals surface area (Å²) in [6, 6.07) is 8.16. The van der Waals surface area contributed by atoms with Crippen LogP contribution >= 0.6 is 0 Å². The Bertz CT molecular complexity index is 932. The molecule has 0 atom stereocenters. The Balaban J connectivity index is 1.43. The minimum Gasteiger partial charge on any atom is -0.336 e. The summed E-state index contributed by atoms with van der Waals surface area (Å²) in [5, 5.41) is 0.0289. The third-order valence-corrected chi connectivity index (χ3v) is 7.11. The molecule has 3 heterocycles. The number of sulfonamides is 1. The van der Waals surface area contributed by atoms with Crippen LogP contribution in [0.15, 0.2) is 41.8 Å². The molecule has 1 amide bonds. The Hall–Kier alpha value is -2.19. The van der Waals surface area contributed by atoms with E-state index in [1.54, 1.807) is 4.57 Å². The third-order valence-electron chi connectivity index (χ3n) is 5.33. The van der Waals surface area contributed by atoms with Crippen LogP contribution in [-0.2, 0) is 34.3 Å². The number of benzene rings is 1. The normalized spacial score (nSPS) is 18.3. The first-order valence-corrected chi connectivity index (χ1v) is 10.8. The number of hydrogen-bond donors (Lipinski definition) is 0. The van der Waals surface area contributed by atoms with Crippen molar-refractivity contribution in [2.24, 2.45) is 0 Å². The average Bonchev–Trinajstić information content (AvgIpc) is 3.17. The summed E-state index contributed by atoms with van der Waals surface area (Å²) in [6.07, 6.45) is 6.59. The molecule has 0 saturated carbocycles. The average molecular weight is 388 g/mol. The van der Waals surface area contributed by atoms with Crippen LogP contribution in [0.2, 0.25) is 0 Å². The third kappa shape index (κ3) is 3.77. The molecule has 2 aliphatic heterocycles. The highest BCUT2D eigenvalue weighted by Crippen LogP contribution is 2.20. The molecule has 27 heavy (non-hydrogen) atoms. The number of carbonyl (C=O) groups is 1. The summed E-state index contributed by atoms with van der Waals surface area (Å²) in [5.41, 5.74) is 2.47. The summed E-state index contributed by atoms with van der Waals surface area (Å²) in [6.45, 7) is 2.47. The van der Waals surface area contributed by atoms with Crippen LogP contribution in [0.25, 0.3) is 0 Å². The van der Waals surface area contributed by atoms with E-state index in [9.17, 15) is 13.2 Å². The fourth-order valence-electron chi connectivity index (χ4n) is 3.76. The van der Waals surface area contributed by atoms with E-state index in [0.29, 0.717) is 26.2 Å². The van der Waals surface area contributed by atoms with Crippen molar-refractivity contribution in [2.45, 2.75) is 43.8 Å². The molecule has 1 fully saturated rings. The van der Waals surface area contributed by atoms with Crippen LogP contribution in [0.4, 0.5) is 0 Å². The zero-order valence-corrected chi connectivity index (χ0v) is 16.1. The highest BCUT2D eigenvalue weighted by molar-refractivity contribution is 7.89. The number of imidazole rings is 1. The molecule has 4 rings (SSSR count). The van der Waals surface area contributed by atoms with Crippen molar-refractivity contribution >= 4 is 15.9 Å². The Morgan fingerprint density at radius 2 is 1.78 bits per heavy atom. The first kappa shape index (κ1) is 18.2. The van der Waals surface area contributed by atoms with E-state index in [2.05, 4.69) is 17.1 Å². The summed E-state index contributed by atoms with van der Waals surface area (Å²) in [7, 11) is -3.57. The van der Waals surface area contributed by atoms with E-state index in [1.807, 2.05) is 17.0 Å². The molecule has 1 aromatic carbocycles. The number of carbonyl (C=O) groups excluding carboxylic acids is 1. The zero-order chi connectivity index (χ0) is 18.9. The SMILES string of the molecule is O=C(Cn1cnc(S(=O)(=O)N2CCCCC2)c1)N1CCc2ccccc2C1. The minimum absolute atomic E-state index is 0.0242. The molecule has 0 bridgehead atoms. The number of nitrogens with zero attached hydrogens (tertiary/aromatic N) is 4. The van der Waals surface area contributed by atoms with Gasteiger partial charge < -0.3 is 9.47 Å². The fourth-order valence-corrected chi connectivity index (χ4v) is 5.21. The van der Waals surface area contributed by atoms with Crippen LogP contribution < -0.4 is 0 Å². The Morgan fingerprint density at radius 3 is 2.56 bits per heavy atom. The van der Waals surface area contributed by atoms with Crippen LogP contribution in [0, 0.1) is 0 Å². The van der Waals surface area contributed by atoms with Crippen molar-refractivity contribution in [3.63, 3.8) is 0 Å². The van der Waals surface area contributed by atoms with Crippen molar-refractivity contribution in [1.82, 2.24) is 18.8 Å². The summed E-state index contributed by atoms with van der Waals surface area (Å²) < 4.78 is 28.4. The van der Waals surface area contributed by atoms with E-state index in [4.69, 9.17) is 0 Å². The van der Waals surface area contributed by atoms with Crippen molar-refractivity contribution in [2.75, 3.05) is 19.6 Å². The summed E-state index contributed by atoms with van der Waals surface area (Å²) in [4.78, 5) is 18.5. The molecule has 0 radical (unpaired) electrons. The molecule has 7 nitrogen and oxygen atoms in total. The highest BCUT2D eigenvalue weighted by atomic mass is 32.2. The van der Waals surface area contributed by atoms with E-state index in [-0.39, 0.29) is 17.5 Å². The van der Waals surface area contributed by atoms with Crippen LogP contribution in [0.5, 0.6) is 0 Å². The van der Waals surface area contributed by atoms with Gasteiger partial charge in [0.15, 0.2) is 5.03 Å². The Kier molecular flexibility index (Phi) is 5.01. The van der Waals surface area contributed by atoms with Gasteiger partial charge in [0.2, 0.25) is 5.91 Å². The molecule has 2 aromatic rings. The predicted octanol–water partition coefficient (Wildman–Crippen LogP) is 1.64. The van der Waals surface area contributed by atoms with E-state index in [0.717, 1.165) is 25.7 Å². The molecule has 0 N–H and O–H groups in total. The van der Waals surface area contributed by atoms with Crippen molar-refractivity contribution in [3.8, 4) is 0 Å². The number of hydrogen-bond acceptors (Lipinski definition) is 4. The molecule has 2 aliphatic rings. The van der Waals surface area contributed by atoms with Gasteiger partial charge in [-0.15, -0.1) is 0 Å². The van der Waals surface area contributed by atoms with Gasteiger partial charge in [0.25, 0.3) is 10.0 Å². The number of rotatable bonds is 4. The number of aromatic nitrogens is 2. The number of piperidine rings is 1. The van der Waals surface area contributed by atoms with Gasteiger partial charge >= 0.3 is 0 Å². The van der Waals surface area contributed by atoms with E-state index in [1.165, 1.54) is 28.0 Å². The second-order valence-electron chi connectivity index (χ2n) is 7.18. The van der Waals surface area contributed by atoms with Gasteiger partial charge in [0, 0.05) is 32.4 Å². The van der Waals surface area contributed by atoms with Gasteiger partial charge in [-0.1, -0.05) is 30.7 Å². The minimum atomic E-state index is -3.57. The lowest BCUT2D eigenvalue weighted by Crippen LogP contribution is -2.37. The van der Waals surface area contributed by atoms with Crippen LogP contribution in [0.1, 0.15) is 30.4 Å². The molecule has 8 heteroatoms. The maximum absolute atomic E-state index is 12.7. The maximum Gasteiger partial charge on any atom is 0.262 e. The van der Waals surface area contributed by atoms with Gasteiger partial charge in [-0.3, -0.25) is 4.79 Å². The molecular weight excluding hydrogens is 364 g/mol. The smallest absolute Gasteiger partial charge is 0.262 e. The Labute approximate surface area is 159 Å². The summed E-state index contributed by atoms with van der Waals surface area (Å²) in [5.74, 6) is -0.0242. The molecule has 0 unspecified atom stereocenters. The number of amides is 1. The highest BCUT2D eigenvalue weighted by Gasteiger charge is 2.28. The van der Waals surface area contributed by atoms with Gasteiger partial charge in [-0.05, 0) is 30.4 Å². The topological polar surface area (TPSA) is 75.5 Å². The van der Waals surface area contributed by atoms with Gasteiger partial charge in [0.1, 0.15) is 6.54 Å². The fraction of sp³-hybridized carbons (Fsp3) is 0.474. The zero-order valence-electron chi connectivity index (χ0n) is 15.2. The Morgan fingerprint density at radius 1 is 1.04 bits per heavy atom. The first-order chi connectivity index (χ1) is 13.0. The van der Waals surface area contributed by atoms with E-state index < -0.39 is 10.0 Å². The second-order valence-corrected chi connectivity index (χ2v) is 9.07. The molecule has 0 spiro atoms. The molecule has 1 saturated heterocycles. The monoisotopic (exact) mass is 388 g/mol. The lowest BCUT2D eigenvalue weighted by molar-refractivity contribution is -0.132. The molecular formula is C19H24N4O3S. The van der Waals surface area contributed by atoms with Crippen molar-refractivity contribution in [3.05, 3.63) is 47.9 Å². The quantitative estimate of drug-likeness (QED) is 0.798. The van der Waals surface area contributed by atoms with Crippen molar-refractivity contribution in [1.29, 1.82) is 0 Å². The van der Waals surface area contributed by atoms with E-state index >= 15 is 0 Å². The molecule has 144 valence electrons. The van der Waals surface area contributed by atoms with Crippen LogP contribution in [0.3, 0.4) is 0 Å². The predicted molar refractivity (Wildman–Crippen MR) is 100 cm³/mol. The lowest BCUT2D eigenvalue weighted by Gasteiger charge is -2.29. The lowest BCUT2D eigenvalue weighted by atomic mass is 10.00.